The van der Waals surface area contributed by atoms with Gasteiger partial charge in [0, 0.05) is 5.39 Å². The van der Waals surface area contributed by atoms with Crippen LogP contribution < -0.4 is 4.74 Å². The van der Waals surface area contributed by atoms with Gasteiger partial charge < -0.3 is 24.3 Å². The molecule has 0 aliphatic heterocycles. The third-order valence-electron chi connectivity index (χ3n) is 4.68. The van der Waals surface area contributed by atoms with E-state index in [1.807, 2.05) is 0 Å². The van der Waals surface area contributed by atoms with Gasteiger partial charge in [0.2, 0.25) is 0 Å². The SMILES string of the molecule is CCCCCCCCOc1ccc(CP(=O)(O)O)c2c(CP(=O)(O)O)cccc12. The first kappa shape index (κ1) is 24.1. The van der Waals surface area contributed by atoms with Crippen molar-refractivity contribution in [1.82, 2.24) is 0 Å². The Balaban J connectivity index is 2.28. The maximum absolute atomic E-state index is 11.6. The molecule has 29 heavy (non-hydrogen) atoms. The molecule has 0 atom stereocenters. The van der Waals surface area contributed by atoms with Crippen molar-refractivity contribution < 1.29 is 33.4 Å². The van der Waals surface area contributed by atoms with Crippen LogP contribution in [0.1, 0.15) is 56.6 Å². The highest BCUT2D eigenvalue weighted by Gasteiger charge is 2.22. The third-order valence-corrected chi connectivity index (χ3v) is 6.19. The second-order valence-corrected chi connectivity index (χ2v) is 10.6. The van der Waals surface area contributed by atoms with Gasteiger partial charge in [-0.15, -0.1) is 0 Å². The van der Waals surface area contributed by atoms with E-state index in [0.717, 1.165) is 19.3 Å². The first-order valence-electron chi connectivity index (χ1n) is 9.86. The lowest BCUT2D eigenvalue weighted by Gasteiger charge is -2.16. The Hall–Kier alpha value is -1.20. The summed E-state index contributed by atoms with van der Waals surface area (Å²) < 4.78 is 29.0. The average Bonchev–Trinajstić information content (AvgIpc) is 2.60. The van der Waals surface area contributed by atoms with Crippen LogP contribution >= 0.6 is 15.2 Å². The normalized spacial score (nSPS) is 12.4. The number of hydrogen-bond acceptors (Lipinski definition) is 3. The zero-order valence-electron chi connectivity index (χ0n) is 16.7. The minimum absolute atomic E-state index is 0.351. The van der Waals surface area contributed by atoms with E-state index in [1.54, 1.807) is 30.3 Å². The van der Waals surface area contributed by atoms with Crippen molar-refractivity contribution >= 4 is 26.0 Å². The van der Waals surface area contributed by atoms with Crippen molar-refractivity contribution in [1.29, 1.82) is 0 Å². The van der Waals surface area contributed by atoms with Gasteiger partial charge in [-0.1, -0.05) is 63.3 Å². The van der Waals surface area contributed by atoms with E-state index in [1.165, 1.54) is 19.3 Å². The van der Waals surface area contributed by atoms with Crippen LogP contribution in [0.25, 0.3) is 10.8 Å². The standard InChI is InChI=1S/C20H30O7P2/c1-2-3-4-5-6-7-13-27-19-12-11-17(15-29(24,25)26)20-16(14-28(21,22)23)9-8-10-18(19)20/h8-12H,2-7,13-15H2,1H3,(H2,21,22,23)(H2,24,25,26). The minimum Gasteiger partial charge on any atom is -0.493 e. The Morgan fingerprint density at radius 1 is 0.793 bits per heavy atom. The molecule has 0 amide bonds. The summed E-state index contributed by atoms with van der Waals surface area (Å²) in [6, 6.07) is 8.24. The summed E-state index contributed by atoms with van der Waals surface area (Å²) in [6.45, 7) is 2.69. The van der Waals surface area contributed by atoms with Gasteiger partial charge in [0.05, 0.1) is 18.9 Å². The first-order valence-corrected chi connectivity index (χ1v) is 13.5. The van der Waals surface area contributed by atoms with Gasteiger partial charge in [-0.3, -0.25) is 9.13 Å². The Bertz CT molecular complexity index is 871. The molecule has 0 saturated carbocycles. The third kappa shape index (κ3) is 8.21. The molecule has 0 aliphatic carbocycles. The summed E-state index contributed by atoms with van der Waals surface area (Å²) >= 11 is 0. The Morgan fingerprint density at radius 2 is 1.38 bits per heavy atom. The van der Waals surface area contributed by atoms with Crippen LogP contribution in [0, 0.1) is 0 Å². The highest BCUT2D eigenvalue weighted by molar-refractivity contribution is 7.51. The Labute approximate surface area is 171 Å². The van der Waals surface area contributed by atoms with Gasteiger partial charge in [-0.2, -0.15) is 0 Å². The predicted molar refractivity (Wildman–Crippen MR) is 114 cm³/mol. The lowest BCUT2D eigenvalue weighted by Crippen LogP contribution is -2.01. The molecule has 2 rings (SSSR count). The van der Waals surface area contributed by atoms with Crippen molar-refractivity contribution in [2.75, 3.05) is 6.61 Å². The van der Waals surface area contributed by atoms with Gasteiger partial charge in [0.25, 0.3) is 0 Å². The molecule has 2 aromatic carbocycles. The number of rotatable bonds is 12. The second kappa shape index (κ2) is 10.7. The van der Waals surface area contributed by atoms with Gasteiger partial charge >= 0.3 is 15.2 Å². The van der Waals surface area contributed by atoms with E-state index in [0.29, 0.717) is 34.3 Å². The summed E-state index contributed by atoms with van der Waals surface area (Å²) in [4.78, 5) is 37.6. The zero-order chi connectivity index (χ0) is 21.5. The van der Waals surface area contributed by atoms with E-state index in [-0.39, 0.29) is 0 Å². The van der Waals surface area contributed by atoms with Crippen LogP contribution in [0.15, 0.2) is 30.3 Å². The van der Waals surface area contributed by atoms with Crippen molar-refractivity contribution in [3.63, 3.8) is 0 Å². The molecular weight excluding hydrogens is 414 g/mol. The quantitative estimate of drug-likeness (QED) is 0.270. The molecule has 0 radical (unpaired) electrons. The number of ether oxygens (including phenoxy) is 1. The molecule has 0 heterocycles. The smallest absolute Gasteiger partial charge is 0.329 e. The molecule has 9 heteroatoms. The van der Waals surface area contributed by atoms with E-state index >= 15 is 0 Å². The Kier molecular flexibility index (Phi) is 8.90. The molecule has 4 N–H and O–H groups in total. The van der Waals surface area contributed by atoms with E-state index < -0.39 is 27.5 Å². The van der Waals surface area contributed by atoms with Gasteiger partial charge in [-0.05, 0) is 29.0 Å². The fourth-order valence-corrected chi connectivity index (χ4v) is 4.85. The maximum Gasteiger partial charge on any atom is 0.329 e. The summed E-state index contributed by atoms with van der Waals surface area (Å²) in [6.07, 6.45) is 5.76. The average molecular weight is 444 g/mol. The monoisotopic (exact) mass is 444 g/mol. The van der Waals surface area contributed by atoms with Crippen molar-refractivity contribution in [2.45, 2.75) is 57.8 Å². The van der Waals surface area contributed by atoms with Gasteiger partial charge in [-0.25, -0.2) is 0 Å². The van der Waals surface area contributed by atoms with Gasteiger partial charge in [0.15, 0.2) is 0 Å². The summed E-state index contributed by atoms with van der Waals surface area (Å²) in [5.41, 5.74) is 0.702. The highest BCUT2D eigenvalue weighted by atomic mass is 31.2. The molecule has 0 fully saturated rings. The van der Waals surface area contributed by atoms with Crippen LogP contribution in [0.4, 0.5) is 0 Å². The number of benzene rings is 2. The van der Waals surface area contributed by atoms with E-state index in [2.05, 4.69) is 6.92 Å². The summed E-state index contributed by atoms with van der Waals surface area (Å²) in [7, 11) is -8.71. The van der Waals surface area contributed by atoms with Crippen LogP contribution in [-0.2, 0) is 21.5 Å². The molecule has 0 bridgehead atoms. The van der Waals surface area contributed by atoms with Crippen LogP contribution in [0.5, 0.6) is 5.75 Å². The summed E-state index contributed by atoms with van der Waals surface area (Å²) in [5, 5.41) is 1.05. The molecule has 7 nitrogen and oxygen atoms in total. The lowest BCUT2D eigenvalue weighted by molar-refractivity contribution is 0.307. The molecule has 0 aliphatic rings. The van der Waals surface area contributed by atoms with Crippen molar-refractivity contribution in [3.8, 4) is 5.75 Å². The van der Waals surface area contributed by atoms with Crippen molar-refractivity contribution in [3.05, 3.63) is 41.5 Å². The first-order chi connectivity index (χ1) is 13.6. The molecule has 0 spiro atoms. The summed E-state index contributed by atoms with van der Waals surface area (Å²) in [5.74, 6) is 0.551. The van der Waals surface area contributed by atoms with E-state index in [9.17, 15) is 28.7 Å². The Morgan fingerprint density at radius 3 is 2.00 bits per heavy atom. The molecule has 162 valence electrons. The topological polar surface area (TPSA) is 124 Å². The zero-order valence-corrected chi connectivity index (χ0v) is 18.4. The molecule has 0 saturated heterocycles. The molecule has 0 unspecified atom stereocenters. The van der Waals surface area contributed by atoms with Crippen LogP contribution in [-0.4, -0.2) is 26.2 Å². The number of fused-ring (bicyclic) bond motifs is 1. The van der Waals surface area contributed by atoms with Crippen LogP contribution in [0.3, 0.4) is 0 Å². The van der Waals surface area contributed by atoms with E-state index in [4.69, 9.17) is 4.74 Å². The number of hydrogen-bond donors (Lipinski definition) is 4. The van der Waals surface area contributed by atoms with Crippen molar-refractivity contribution in [2.24, 2.45) is 0 Å². The maximum atomic E-state index is 11.6. The second-order valence-electron chi connectivity index (χ2n) is 7.32. The minimum atomic E-state index is -4.35. The predicted octanol–water partition coefficient (Wildman–Crippen LogP) is 4.93. The molecule has 0 aromatic heterocycles. The fourth-order valence-electron chi connectivity index (χ4n) is 3.43. The molecular formula is C20H30O7P2. The fraction of sp³-hybridized carbons (Fsp3) is 0.500. The molecule has 2 aromatic rings. The largest absolute Gasteiger partial charge is 0.493 e. The van der Waals surface area contributed by atoms with Gasteiger partial charge in [0.1, 0.15) is 5.75 Å². The highest BCUT2D eigenvalue weighted by Crippen LogP contribution is 2.46. The van der Waals surface area contributed by atoms with Crippen LogP contribution in [0.2, 0.25) is 0 Å². The lowest BCUT2D eigenvalue weighted by atomic mass is 10.00. The number of unbranched alkanes of at least 4 members (excludes halogenated alkanes) is 5.